The van der Waals surface area contributed by atoms with E-state index in [9.17, 15) is 14.5 Å². The van der Waals surface area contributed by atoms with Crippen molar-refractivity contribution in [2.45, 2.75) is 219 Å². The van der Waals surface area contributed by atoms with Gasteiger partial charge in [-0.3, -0.25) is 14.3 Å². The summed E-state index contributed by atoms with van der Waals surface area (Å²) in [6.45, 7) is 7.09. The van der Waals surface area contributed by atoms with Crippen LogP contribution in [0.5, 0.6) is 0 Å². The lowest BCUT2D eigenvalue weighted by atomic mass is 10.0. The van der Waals surface area contributed by atoms with Gasteiger partial charge in [-0.2, -0.15) is 4.98 Å². The van der Waals surface area contributed by atoms with E-state index in [1.807, 2.05) is 0 Å². The van der Waals surface area contributed by atoms with Gasteiger partial charge < -0.3 is 38.7 Å². The summed E-state index contributed by atoms with van der Waals surface area (Å²) < 4.78 is 44.7. The average Bonchev–Trinajstić information content (AvgIpc) is 3.66. The number of aliphatic hydroxyl groups is 1. The molecule has 2 aromatic rings. The molecule has 0 aliphatic rings. The monoisotopic (exact) mass is 884 g/mol. The van der Waals surface area contributed by atoms with Crippen LogP contribution in [0.3, 0.4) is 0 Å². The first-order chi connectivity index (χ1) is 29.9. The van der Waals surface area contributed by atoms with Crippen LogP contribution in [-0.2, 0) is 34.4 Å². The third kappa shape index (κ3) is 29.3. The molecule has 2 aromatic heterocycles. The molecule has 4 N–H and O–H groups in total. The number of anilines is 1. The summed E-state index contributed by atoms with van der Waals surface area (Å²) in [6, 6.07) is 0. The summed E-state index contributed by atoms with van der Waals surface area (Å²) in [4.78, 5) is 22.9. The number of aromatic nitrogens is 4. The number of aromatic amines is 1. The number of unbranched alkanes of at least 4 members (excludes halogenated alkanes) is 26. The summed E-state index contributed by atoms with van der Waals surface area (Å²) in [5, 5.41) is 10.1. The normalized spacial score (nSPS) is 12.6. The first-order valence-electron chi connectivity index (χ1n) is 24.9. The van der Waals surface area contributed by atoms with Crippen LogP contribution in [0, 0.1) is 0 Å². The molecule has 2 rings (SSSR count). The number of nitrogens with one attached hydrogen (secondary N) is 1. The van der Waals surface area contributed by atoms with Gasteiger partial charge in [-0.05, 0) is 25.7 Å². The molecule has 0 radical (unpaired) electrons. The van der Waals surface area contributed by atoms with Gasteiger partial charge in [0.15, 0.2) is 11.2 Å². The minimum atomic E-state index is -3.69. The number of H-pyrrole nitrogens is 1. The molecule has 0 aliphatic carbocycles. The van der Waals surface area contributed by atoms with Crippen molar-refractivity contribution in [1.82, 2.24) is 19.5 Å². The van der Waals surface area contributed by atoms with Gasteiger partial charge in [-0.25, -0.2) is 4.98 Å². The molecule has 2 heterocycles. The van der Waals surface area contributed by atoms with Gasteiger partial charge in [0.25, 0.3) is 5.56 Å². The summed E-state index contributed by atoms with van der Waals surface area (Å²) in [7, 11) is -3.69. The lowest BCUT2D eigenvalue weighted by Gasteiger charge is -2.22. The van der Waals surface area contributed by atoms with Crippen molar-refractivity contribution in [3.63, 3.8) is 0 Å². The maximum Gasteiger partial charge on any atom is 0.356 e. The van der Waals surface area contributed by atoms with Crippen molar-refractivity contribution in [3.05, 3.63) is 16.7 Å². The van der Waals surface area contributed by atoms with Crippen molar-refractivity contribution in [2.75, 3.05) is 58.3 Å². The highest BCUT2D eigenvalue weighted by atomic mass is 31.2. The average molecular weight is 884 g/mol. The molecule has 0 aromatic carbocycles. The zero-order chi connectivity index (χ0) is 43.9. The second kappa shape index (κ2) is 38.6. The van der Waals surface area contributed by atoms with E-state index in [4.69, 9.17) is 29.0 Å². The fraction of sp³-hybridized carbons (Fsp3) is 0.894. The Kier molecular flexibility index (Phi) is 35.0. The number of nitrogen functional groups attached to an aromatic ring is 1. The van der Waals surface area contributed by atoms with Crippen LogP contribution in [0.1, 0.15) is 206 Å². The molecule has 14 heteroatoms. The van der Waals surface area contributed by atoms with Crippen molar-refractivity contribution < 1.29 is 32.9 Å². The molecule has 356 valence electrons. The van der Waals surface area contributed by atoms with Crippen LogP contribution >= 0.6 is 7.60 Å². The maximum absolute atomic E-state index is 13.9. The predicted octanol–water partition coefficient (Wildman–Crippen LogP) is 12.0. The van der Waals surface area contributed by atoms with Crippen LogP contribution < -0.4 is 11.3 Å². The van der Waals surface area contributed by atoms with E-state index in [1.165, 1.54) is 173 Å². The number of imidazole rings is 1. The Morgan fingerprint density at radius 1 is 0.623 bits per heavy atom. The predicted molar refractivity (Wildman–Crippen MR) is 250 cm³/mol. The van der Waals surface area contributed by atoms with E-state index in [0.29, 0.717) is 39.3 Å². The Morgan fingerprint density at radius 2 is 1.02 bits per heavy atom. The topological polar surface area (TPSA) is 173 Å². The van der Waals surface area contributed by atoms with Gasteiger partial charge >= 0.3 is 7.60 Å². The van der Waals surface area contributed by atoms with Crippen molar-refractivity contribution in [2.24, 2.45) is 0 Å². The third-order valence-electron chi connectivity index (χ3n) is 11.3. The van der Waals surface area contributed by atoms with Crippen LogP contribution in [0.2, 0.25) is 0 Å². The Balaban J connectivity index is 1.62. The number of hydrogen-bond donors (Lipinski definition) is 3. The number of nitrogens with two attached hydrogens (primary N) is 1. The molecule has 61 heavy (non-hydrogen) atoms. The fourth-order valence-electron chi connectivity index (χ4n) is 7.53. The van der Waals surface area contributed by atoms with E-state index >= 15 is 0 Å². The molecule has 13 nitrogen and oxygen atoms in total. The highest BCUT2D eigenvalue weighted by Crippen LogP contribution is 2.48. The standard InChI is InChI=1S/C47H90N5O8P/c1-3-5-7-9-11-13-15-17-19-21-23-25-27-29-33-56-35-31-37-59-61(55,42-58-43(40-53)39-52-41-49-44-45(52)50-47(48)51-46(44)54)60-38-32-36-57-34-30-28-26-24-22-20-18-16-14-12-10-8-6-4-2/h41,43,53H,3-40,42H2,1-2H3,(H3,48,50,51,54)/t43-/m0/s1. The van der Waals surface area contributed by atoms with Crippen LogP contribution in [0.4, 0.5) is 5.95 Å². The van der Waals surface area contributed by atoms with Crippen LogP contribution in [0.25, 0.3) is 11.2 Å². The zero-order valence-electron chi connectivity index (χ0n) is 38.9. The van der Waals surface area contributed by atoms with E-state index in [1.54, 1.807) is 4.57 Å². The Bertz CT molecular complexity index is 1350. The SMILES string of the molecule is CCCCCCCCCCCCCCCCOCCCOP(=O)(CO[C@H](CO)Cn1cnc2c(=O)[nH]c(N)nc21)OCCCOCCCCCCCCCCCCCCCC. The van der Waals surface area contributed by atoms with Crippen LogP contribution in [0.15, 0.2) is 11.1 Å². The second-order valence-corrected chi connectivity index (χ2v) is 19.0. The van der Waals surface area contributed by atoms with Crippen LogP contribution in [-0.4, -0.2) is 83.3 Å². The first-order valence-corrected chi connectivity index (χ1v) is 26.6. The molecule has 0 unspecified atom stereocenters. The van der Waals surface area contributed by atoms with E-state index in [0.717, 1.165) is 12.8 Å². The summed E-state index contributed by atoms with van der Waals surface area (Å²) in [5.74, 6) is -0.0425. The van der Waals surface area contributed by atoms with Gasteiger partial charge in [0.05, 0.1) is 38.8 Å². The molecule has 0 amide bonds. The first kappa shape index (κ1) is 55.3. The fourth-order valence-corrected chi connectivity index (χ4v) is 8.96. The number of nitrogens with zero attached hydrogens (tertiary/aromatic N) is 3. The third-order valence-corrected chi connectivity index (χ3v) is 12.9. The highest BCUT2D eigenvalue weighted by Gasteiger charge is 2.27. The van der Waals surface area contributed by atoms with E-state index < -0.39 is 19.3 Å². The highest BCUT2D eigenvalue weighted by molar-refractivity contribution is 7.53. The zero-order valence-corrected chi connectivity index (χ0v) is 39.8. The van der Waals surface area contributed by atoms with Gasteiger partial charge in [0, 0.05) is 26.4 Å². The van der Waals surface area contributed by atoms with Gasteiger partial charge in [-0.15, -0.1) is 0 Å². The van der Waals surface area contributed by atoms with Crippen molar-refractivity contribution in [1.29, 1.82) is 0 Å². The largest absolute Gasteiger partial charge is 0.394 e. The molecule has 0 saturated carbocycles. The molecule has 0 fully saturated rings. The number of ether oxygens (including phenoxy) is 3. The number of fused-ring (bicyclic) bond motifs is 1. The molecular weight excluding hydrogens is 794 g/mol. The smallest absolute Gasteiger partial charge is 0.356 e. The van der Waals surface area contributed by atoms with Crippen molar-refractivity contribution >= 4 is 24.7 Å². The number of hydrogen-bond acceptors (Lipinski definition) is 11. The van der Waals surface area contributed by atoms with Gasteiger partial charge in [0.1, 0.15) is 6.35 Å². The molecule has 0 spiro atoms. The molecule has 1 atom stereocenters. The molecular formula is C47H90N5O8P. The van der Waals surface area contributed by atoms with Gasteiger partial charge in [0.2, 0.25) is 5.95 Å². The Labute approximate surface area is 370 Å². The number of rotatable bonds is 46. The number of aliphatic hydroxyl groups excluding tert-OH is 1. The maximum atomic E-state index is 13.9. The molecule has 0 aliphatic heterocycles. The summed E-state index contributed by atoms with van der Waals surface area (Å²) in [6.07, 6.45) is 38.5. The summed E-state index contributed by atoms with van der Waals surface area (Å²) in [5.41, 5.74) is 5.67. The van der Waals surface area contributed by atoms with Crippen molar-refractivity contribution in [3.8, 4) is 0 Å². The Hall–Kier alpha value is -1.86. The lowest BCUT2D eigenvalue weighted by molar-refractivity contribution is 0.0142. The van der Waals surface area contributed by atoms with Gasteiger partial charge in [-0.1, -0.05) is 181 Å². The minimum Gasteiger partial charge on any atom is -0.394 e. The lowest BCUT2D eigenvalue weighted by Crippen LogP contribution is -2.25. The van der Waals surface area contributed by atoms with E-state index in [-0.39, 0.29) is 49.8 Å². The Morgan fingerprint density at radius 3 is 1.43 bits per heavy atom. The molecule has 0 bridgehead atoms. The second-order valence-electron chi connectivity index (χ2n) is 17.0. The van der Waals surface area contributed by atoms with E-state index in [2.05, 4.69) is 28.8 Å². The quantitative estimate of drug-likeness (QED) is 0.0426. The summed E-state index contributed by atoms with van der Waals surface area (Å²) >= 11 is 0. The minimum absolute atomic E-state index is 0.0425. The molecule has 0 saturated heterocycles.